The summed E-state index contributed by atoms with van der Waals surface area (Å²) < 4.78 is 0. The number of carboxylic acids is 1. The predicted octanol–water partition coefficient (Wildman–Crippen LogP) is 0.205. The molecule has 0 saturated carbocycles. The second-order valence-electron chi connectivity index (χ2n) is 1.83. The molecule has 4 heteroatoms. The number of hydrogen-bond donors (Lipinski definition) is 3. The van der Waals surface area contributed by atoms with Crippen LogP contribution in [-0.4, -0.2) is 21.2 Å². The third-order valence-electron chi connectivity index (χ3n) is 1.22. The van der Waals surface area contributed by atoms with E-state index in [0.29, 0.717) is 5.69 Å². The van der Waals surface area contributed by atoms with Gasteiger partial charge in [0.25, 0.3) is 0 Å². The van der Waals surface area contributed by atoms with E-state index in [-0.39, 0.29) is 12.2 Å². The fourth-order valence-electron chi connectivity index (χ4n) is 0.735. The van der Waals surface area contributed by atoms with Crippen molar-refractivity contribution in [3.05, 3.63) is 23.5 Å². The van der Waals surface area contributed by atoms with Crippen LogP contribution < -0.4 is 0 Å². The number of aromatic nitrogens is 1. The van der Waals surface area contributed by atoms with Gasteiger partial charge in [-0.2, -0.15) is 0 Å². The number of hydrogen-bond acceptors (Lipinski definition) is 2. The summed E-state index contributed by atoms with van der Waals surface area (Å²) in [5, 5.41) is 17.0. The lowest BCUT2D eigenvalue weighted by atomic mass is 10.2. The molecule has 1 aromatic heterocycles. The third kappa shape index (κ3) is 1.01. The van der Waals surface area contributed by atoms with E-state index in [4.69, 9.17) is 10.2 Å². The van der Waals surface area contributed by atoms with Crippen LogP contribution in [-0.2, 0) is 6.61 Å². The second-order valence-corrected chi connectivity index (χ2v) is 1.83. The maximum absolute atomic E-state index is 10.3. The van der Waals surface area contributed by atoms with Crippen molar-refractivity contribution in [1.29, 1.82) is 0 Å². The Balaban J connectivity index is 3.01. The van der Waals surface area contributed by atoms with Gasteiger partial charge in [-0.1, -0.05) is 0 Å². The second kappa shape index (κ2) is 2.53. The molecule has 0 unspecified atom stereocenters. The number of carbonyl (C=O) groups is 1. The van der Waals surface area contributed by atoms with E-state index >= 15 is 0 Å². The molecule has 3 N–H and O–H groups in total. The number of aromatic amines is 1. The first-order valence-electron chi connectivity index (χ1n) is 2.76. The van der Waals surface area contributed by atoms with Crippen molar-refractivity contribution in [2.75, 3.05) is 0 Å². The van der Waals surface area contributed by atoms with Gasteiger partial charge in [0.15, 0.2) is 0 Å². The van der Waals surface area contributed by atoms with Crippen LogP contribution in [0.15, 0.2) is 12.3 Å². The van der Waals surface area contributed by atoms with Gasteiger partial charge >= 0.3 is 5.97 Å². The molecule has 0 aromatic carbocycles. The van der Waals surface area contributed by atoms with E-state index in [0.717, 1.165) is 0 Å². The van der Waals surface area contributed by atoms with Crippen molar-refractivity contribution in [1.82, 2.24) is 4.98 Å². The van der Waals surface area contributed by atoms with Crippen molar-refractivity contribution in [3.63, 3.8) is 0 Å². The number of H-pyrrole nitrogens is 1. The van der Waals surface area contributed by atoms with E-state index in [2.05, 4.69) is 4.98 Å². The minimum absolute atomic E-state index is 0.127. The van der Waals surface area contributed by atoms with Gasteiger partial charge in [-0.25, -0.2) is 4.79 Å². The Bertz CT molecular complexity index is 241. The molecule has 0 fully saturated rings. The first kappa shape index (κ1) is 6.82. The van der Waals surface area contributed by atoms with Gasteiger partial charge in [-0.3, -0.25) is 0 Å². The summed E-state index contributed by atoms with van der Waals surface area (Å²) in [6, 6.07) is 1.41. The van der Waals surface area contributed by atoms with Gasteiger partial charge in [0.05, 0.1) is 17.9 Å². The molecule has 0 aliphatic heterocycles. The van der Waals surface area contributed by atoms with Gasteiger partial charge in [0, 0.05) is 6.20 Å². The molecule has 0 amide bonds. The highest BCUT2D eigenvalue weighted by Gasteiger charge is 2.08. The Morgan fingerprint density at radius 3 is 2.80 bits per heavy atom. The normalized spacial score (nSPS) is 9.70. The van der Waals surface area contributed by atoms with Crippen LogP contribution in [0.4, 0.5) is 0 Å². The van der Waals surface area contributed by atoms with Gasteiger partial charge in [-0.05, 0) is 6.07 Å². The SMILES string of the molecule is O=C(O)c1cc[nH]c1CO. The molecule has 0 radical (unpaired) electrons. The van der Waals surface area contributed by atoms with Crippen LogP contribution in [0.5, 0.6) is 0 Å². The Labute approximate surface area is 57.1 Å². The zero-order valence-corrected chi connectivity index (χ0v) is 5.16. The Kier molecular flexibility index (Phi) is 1.73. The molecule has 0 aliphatic carbocycles. The van der Waals surface area contributed by atoms with Crippen molar-refractivity contribution in [2.45, 2.75) is 6.61 Å². The first-order chi connectivity index (χ1) is 4.75. The van der Waals surface area contributed by atoms with Crippen molar-refractivity contribution in [2.24, 2.45) is 0 Å². The zero-order valence-electron chi connectivity index (χ0n) is 5.16. The Morgan fingerprint density at radius 1 is 1.70 bits per heavy atom. The Hall–Kier alpha value is -1.29. The molecular formula is C6H7NO3. The fourth-order valence-corrected chi connectivity index (χ4v) is 0.735. The predicted molar refractivity (Wildman–Crippen MR) is 33.7 cm³/mol. The van der Waals surface area contributed by atoms with Gasteiger partial charge in [0.1, 0.15) is 0 Å². The number of rotatable bonds is 2. The summed E-state index contributed by atoms with van der Waals surface area (Å²) in [7, 11) is 0. The van der Waals surface area contributed by atoms with Crippen LogP contribution in [0.2, 0.25) is 0 Å². The van der Waals surface area contributed by atoms with Gasteiger partial charge < -0.3 is 15.2 Å². The molecule has 4 nitrogen and oxygen atoms in total. The maximum atomic E-state index is 10.3. The highest BCUT2D eigenvalue weighted by atomic mass is 16.4. The molecule has 0 spiro atoms. The summed E-state index contributed by atoms with van der Waals surface area (Å²) in [6.07, 6.45) is 1.48. The van der Waals surface area contributed by atoms with E-state index < -0.39 is 5.97 Å². The van der Waals surface area contributed by atoms with Gasteiger partial charge in [0.2, 0.25) is 0 Å². The molecule has 10 heavy (non-hydrogen) atoms. The average molecular weight is 141 g/mol. The van der Waals surface area contributed by atoms with E-state index in [9.17, 15) is 4.79 Å². The standard InChI is InChI=1S/C6H7NO3/c8-3-5-4(6(9)10)1-2-7-5/h1-2,7-8H,3H2,(H,9,10). The monoisotopic (exact) mass is 141 g/mol. The average Bonchev–Trinajstić information content (AvgIpc) is 2.33. The first-order valence-corrected chi connectivity index (χ1v) is 2.76. The smallest absolute Gasteiger partial charge is 0.337 e. The van der Waals surface area contributed by atoms with Crippen LogP contribution in [0.3, 0.4) is 0 Å². The molecule has 1 heterocycles. The summed E-state index contributed by atoms with van der Waals surface area (Å²) in [4.78, 5) is 12.9. The maximum Gasteiger partial charge on any atom is 0.337 e. The number of carboxylic acid groups (broad SMARTS) is 1. The van der Waals surface area contributed by atoms with Crippen molar-refractivity contribution in [3.8, 4) is 0 Å². The summed E-state index contributed by atoms with van der Waals surface area (Å²) >= 11 is 0. The summed E-state index contributed by atoms with van der Waals surface area (Å²) in [5.74, 6) is -1.02. The molecule has 0 bridgehead atoms. The zero-order chi connectivity index (χ0) is 7.56. The molecule has 1 rings (SSSR count). The number of nitrogens with one attached hydrogen (secondary N) is 1. The van der Waals surface area contributed by atoms with E-state index in [1.165, 1.54) is 12.3 Å². The number of aliphatic hydroxyl groups is 1. The third-order valence-corrected chi connectivity index (χ3v) is 1.22. The molecular weight excluding hydrogens is 134 g/mol. The summed E-state index contributed by atoms with van der Waals surface area (Å²) in [6.45, 7) is -0.269. The lowest BCUT2D eigenvalue weighted by Gasteiger charge is -1.91. The number of aliphatic hydroxyl groups excluding tert-OH is 1. The lowest BCUT2D eigenvalue weighted by Crippen LogP contribution is -1.99. The molecule has 0 aliphatic rings. The Morgan fingerprint density at radius 2 is 2.40 bits per heavy atom. The minimum Gasteiger partial charge on any atom is -0.478 e. The molecule has 54 valence electrons. The van der Waals surface area contributed by atoms with Crippen LogP contribution in [0.25, 0.3) is 0 Å². The number of aromatic carboxylic acids is 1. The van der Waals surface area contributed by atoms with Crippen molar-refractivity contribution >= 4 is 5.97 Å². The van der Waals surface area contributed by atoms with Crippen molar-refractivity contribution < 1.29 is 15.0 Å². The topological polar surface area (TPSA) is 73.3 Å². The van der Waals surface area contributed by atoms with Crippen LogP contribution in [0, 0.1) is 0 Å². The largest absolute Gasteiger partial charge is 0.478 e. The van der Waals surface area contributed by atoms with E-state index in [1.54, 1.807) is 0 Å². The lowest BCUT2D eigenvalue weighted by molar-refractivity contribution is 0.0693. The van der Waals surface area contributed by atoms with Gasteiger partial charge in [-0.15, -0.1) is 0 Å². The minimum atomic E-state index is -1.02. The van der Waals surface area contributed by atoms with Crippen LogP contribution in [0.1, 0.15) is 16.1 Å². The van der Waals surface area contributed by atoms with Crippen LogP contribution >= 0.6 is 0 Å². The highest BCUT2D eigenvalue weighted by molar-refractivity contribution is 5.88. The summed E-state index contributed by atoms with van der Waals surface area (Å²) in [5.41, 5.74) is 0.468. The molecule has 1 aromatic rings. The highest BCUT2D eigenvalue weighted by Crippen LogP contribution is 2.05. The molecule has 0 atom stereocenters. The molecule has 0 saturated heterocycles. The quantitative estimate of drug-likeness (QED) is 0.551. The fraction of sp³-hybridized carbons (Fsp3) is 0.167. The van der Waals surface area contributed by atoms with E-state index in [1.807, 2.05) is 0 Å².